The number of hydrogen-bond donors (Lipinski definition) is 2. The smallest absolute Gasteiger partial charge is 0.370 e. The van der Waals surface area contributed by atoms with Crippen LogP contribution in [0.5, 0.6) is 0 Å². The second-order valence-electron chi connectivity index (χ2n) is 12.1. The number of amides is 2. The minimum atomic E-state index is -5.75. The number of urea groups is 1. The van der Waals surface area contributed by atoms with Gasteiger partial charge >= 0.3 is 48.4 Å². The van der Waals surface area contributed by atoms with E-state index in [0.717, 1.165) is 38.5 Å². The standard InChI is InChI=1S/C32H42F9N7O7/c33-30(34,35)24(49)53-45-28(48(55-26(51)32(39,40)41)22-23-16-10-9-11-17-23)47(54-25(50)31(36,37)38)21-15-8-4-3-7-14-20-46-19-13-6-2-1-5-12-18-43-27(42)44-29(46)52/h9-11,16-17H,1-8,12-15,18-22H2,(H3,42,43,44,52)/b45-28+. The molecule has 0 fully saturated rings. The van der Waals surface area contributed by atoms with Crippen molar-refractivity contribution in [1.82, 2.24) is 20.3 Å². The van der Waals surface area contributed by atoms with Crippen molar-refractivity contribution in [3.63, 3.8) is 0 Å². The lowest BCUT2D eigenvalue weighted by Gasteiger charge is -2.31. The fraction of sp³-hybridized carbons (Fsp3) is 0.625. The van der Waals surface area contributed by atoms with Gasteiger partial charge in [-0.25, -0.2) is 19.2 Å². The molecule has 1 aliphatic rings. The molecule has 0 bridgehead atoms. The van der Waals surface area contributed by atoms with Gasteiger partial charge in [-0.3, -0.25) is 10.3 Å². The van der Waals surface area contributed by atoms with Crippen LogP contribution in [0.4, 0.5) is 44.3 Å². The first kappa shape index (κ1) is 46.2. The van der Waals surface area contributed by atoms with Crippen LogP contribution < -0.4 is 11.1 Å². The summed E-state index contributed by atoms with van der Waals surface area (Å²) >= 11 is 0. The zero-order valence-electron chi connectivity index (χ0n) is 29.5. The number of unbranched alkanes of at least 4 members (excludes halogenated alkanes) is 5. The molecular weight excluding hydrogens is 765 g/mol. The van der Waals surface area contributed by atoms with Crippen LogP contribution >= 0.6 is 0 Å². The van der Waals surface area contributed by atoms with Crippen molar-refractivity contribution in [1.29, 1.82) is 0 Å². The van der Waals surface area contributed by atoms with Gasteiger partial charge < -0.3 is 25.1 Å². The molecule has 23 heteroatoms. The summed E-state index contributed by atoms with van der Waals surface area (Å²) in [6.45, 7) is -0.570. The summed E-state index contributed by atoms with van der Waals surface area (Å²) in [5, 5.41) is 4.87. The maximum absolute atomic E-state index is 13.3. The maximum Gasteiger partial charge on any atom is 0.493 e. The third-order valence-electron chi connectivity index (χ3n) is 7.59. The van der Waals surface area contributed by atoms with E-state index in [1.54, 1.807) is 4.90 Å². The number of oxime groups is 1. The zero-order chi connectivity index (χ0) is 41.1. The molecule has 0 saturated heterocycles. The number of benzene rings is 1. The summed E-state index contributed by atoms with van der Waals surface area (Å²) in [7, 11) is 0. The van der Waals surface area contributed by atoms with Crippen molar-refractivity contribution in [2.75, 3.05) is 26.2 Å². The van der Waals surface area contributed by atoms with E-state index in [2.05, 4.69) is 30.0 Å². The van der Waals surface area contributed by atoms with Gasteiger partial charge in [0.1, 0.15) is 0 Å². The van der Waals surface area contributed by atoms with E-state index in [-0.39, 0.29) is 34.5 Å². The summed E-state index contributed by atoms with van der Waals surface area (Å²) in [5.41, 5.74) is 5.78. The van der Waals surface area contributed by atoms with Crippen molar-refractivity contribution in [2.24, 2.45) is 15.9 Å². The van der Waals surface area contributed by atoms with E-state index in [1.807, 2.05) is 0 Å². The molecule has 0 unspecified atom stereocenters. The molecule has 0 aliphatic carbocycles. The molecular formula is C32H42F9N7O7. The Kier molecular flexibility index (Phi) is 18.8. The quantitative estimate of drug-likeness (QED) is 0.0617. The number of nitrogens with zero attached hydrogens (tertiary/aromatic N) is 5. The molecule has 1 aromatic rings. The number of aliphatic imine (C=N–C) groups is 1. The second kappa shape index (κ2) is 22.4. The van der Waals surface area contributed by atoms with Gasteiger partial charge in [0.05, 0.1) is 13.1 Å². The second-order valence-corrected chi connectivity index (χ2v) is 12.1. The Morgan fingerprint density at radius 3 is 1.87 bits per heavy atom. The van der Waals surface area contributed by atoms with Gasteiger partial charge in [-0.15, -0.1) is 0 Å². The molecule has 14 nitrogen and oxygen atoms in total. The van der Waals surface area contributed by atoms with Crippen LogP contribution in [-0.4, -0.2) is 95.6 Å². The molecule has 0 atom stereocenters. The number of carbonyl (C=O) groups is 4. The molecule has 1 aliphatic heterocycles. The summed E-state index contributed by atoms with van der Waals surface area (Å²) in [6, 6.07) is 6.14. The maximum atomic E-state index is 13.3. The molecule has 0 spiro atoms. The normalized spacial score (nSPS) is 15.4. The molecule has 2 rings (SSSR count). The highest BCUT2D eigenvalue weighted by Gasteiger charge is 2.47. The highest BCUT2D eigenvalue weighted by Crippen LogP contribution is 2.23. The Bertz CT molecular complexity index is 1440. The Morgan fingerprint density at radius 1 is 0.745 bits per heavy atom. The molecule has 0 radical (unpaired) electrons. The Morgan fingerprint density at radius 2 is 1.27 bits per heavy atom. The summed E-state index contributed by atoms with van der Waals surface area (Å²) in [4.78, 5) is 65.8. The molecule has 2 amide bonds. The van der Waals surface area contributed by atoms with Gasteiger partial charge in [0.15, 0.2) is 5.96 Å². The molecule has 1 heterocycles. The van der Waals surface area contributed by atoms with Crippen molar-refractivity contribution >= 4 is 35.9 Å². The fourth-order valence-corrected chi connectivity index (χ4v) is 4.86. The van der Waals surface area contributed by atoms with Crippen LogP contribution in [-0.2, 0) is 35.4 Å². The van der Waals surface area contributed by atoms with Crippen LogP contribution in [0, 0.1) is 0 Å². The lowest BCUT2D eigenvalue weighted by Crippen LogP contribution is -2.49. The van der Waals surface area contributed by atoms with E-state index >= 15 is 0 Å². The molecule has 55 heavy (non-hydrogen) atoms. The average Bonchev–Trinajstić information content (AvgIpc) is 3.10. The number of carbonyl (C=O) groups excluding carboxylic acids is 4. The topological polar surface area (TPSA) is 168 Å². The van der Waals surface area contributed by atoms with Crippen molar-refractivity contribution in [3.05, 3.63) is 35.9 Å². The van der Waals surface area contributed by atoms with Gasteiger partial charge in [0.2, 0.25) is 0 Å². The first-order valence-electron chi connectivity index (χ1n) is 17.2. The minimum Gasteiger partial charge on any atom is -0.370 e. The van der Waals surface area contributed by atoms with E-state index in [0.29, 0.717) is 45.3 Å². The van der Waals surface area contributed by atoms with Crippen LogP contribution in [0.1, 0.15) is 82.6 Å². The number of hydrogen-bond acceptors (Lipinski definition) is 10. The Labute approximate surface area is 309 Å². The lowest BCUT2D eigenvalue weighted by atomic mass is 10.1. The fourth-order valence-electron chi connectivity index (χ4n) is 4.86. The summed E-state index contributed by atoms with van der Waals surface area (Å²) in [6.07, 6.45) is -9.70. The molecule has 310 valence electrons. The van der Waals surface area contributed by atoms with Crippen LogP contribution in [0.15, 0.2) is 40.5 Å². The summed E-state index contributed by atoms with van der Waals surface area (Å²) < 4.78 is 118. The van der Waals surface area contributed by atoms with Crippen molar-refractivity contribution < 1.29 is 73.2 Å². The highest BCUT2D eigenvalue weighted by atomic mass is 19.4. The van der Waals surface area contributed by atoms with Crippen LogP contribution in [0.2, 0.25) is 0 Å². The van der Waals surface area contributed by atoms with Crippen molar-refractivity contribution in [2.45, 2.75) is 102 Å². The SMILES string of the molecule is NC1=NCCCCCCCCN(CCCCCCCCN(OC(=O)C(F)(F)F)/C(=N\OC(=O)C(F)(F)F)N(Cc2ccccc2)OC(=O)C(F)(F)F)C(=O)N1. The summed E-state index contributed by atoms with van der Waals surface area (Å²) in [5.74, 6) is -10.7. The predicted molar refractivity (Wildman–Crippen MR) is 175 cm³/mol. The minimum absolute atomic E-state index is 0.0117. The molecule has 3 N–H and O–H groups in total. The van der Waals surface area contributed by atoms with Crippen molar-refractivity contribution in [3.8, 4) is 0 Å². The number of rotatable bonds is 12. The predicted octanol–water partition coefficient (Wildman–Crippen LogP) is 6.23. The zero-order valence-corrected chi connectivity index (χ0v) is 29.5. The lowest BCUT2D eigenvalue weighted by molar-refractivity contribution is -0.241. The van der Waals surface area contributed by atoms with Gasteiger partial charge in [0, 0.05) is 19.6 Å². The number of nitrogens with one attached hydrogen (secondary N) is 1. The Balaban J connectivity index is 2.20. The largest absolute Gasteiger partial charge is 0.493 e. The monoisotopic (exact) mass is 807 g/mol. The molecule has 1 aromatic carbocycles. The molecule has 0 aromatic heterocycles. The number of guanidine groups is 2. The van der Waals surface area contributed by atoms with Gasteiger partial charge in [-0.1, -0.05) is 81.7 Å². The van der Waals surface area contributed by atoms with Crippen LogP contribution in [0.3, 0.4) is 0 Å². The average molecular weight is 808 g/mol. The highest BCUT2D eigenvalue weighted by molar-refractivity contribution is 5.95. The third-order valence-corrected chi connectivity index (χ3v) is 7.59. The first-order chi connectivity index (χ1) is 25.8. The Hall–Kier alpha value is -4.99. The number of hydroxylamine groups is 4. The number of nitrogens with two attached hydrogens (primary N) is 1. The van der Waals surface area contributed by atoms with Gasteiger partial charge in [0.25, 0.3) is 0 Å². The van der Waals surface area contributed by atoms with E-state index < -0.39 is 61.5 Å². The number of halogens is 9. The van der Waals surface area contributed by atoms with Gasteiger partial charge in [-0.05, 0) is 36.4 Å². The third kappa shape index (κ3) is 18.3. The molecule has 0 saturated carbocycles. The van der Waals surface area contributed by atoms with Crippen LogP contribution in [0.25, 0.3) is 0 Å². The van der Waals surface area contributed by atoms with E-state index in [9.17, 15) is 58.7 Å². The number of alkyl halides is 9. The first-order valence-corrected chi connectivity index (χ1v) is 17.2. The van der Waals surface area contributed by atoms with E-state index in [4.69, 9.17) is 5.73 Å². The van der Waals surface area contributed by atoms with E-state index in [1.165, 1.54) is 30.3 Å². The van der Waals surface area contributed by atoms with Gasteiger partial charge in [-0.2, -0.15) is 49.6 Å².